The maximum Gasteiger partial charge on any atom is 0.0923 e. The molecule has 26 heavy (non-hydrogen) atoms. The number of nitrogens with one attached hydrogen (secondary N) is 1. The molecule has 1 N–H and O–H groups in total. The van der Waals surface area contributed by atoms with Crippen molar-refractivity contribution in [3.8, 4) is 11.1 Å². The highest BCUT2D eigenvalue weighted by molar-refractivity contribution is 5.90. The molecule has 0 saturated carbocycles. The number of H-pyrrole nitrogens is 1. The second kappa shape index (κ2) is 5.99. The number of nitrogens with zero attached hydrogens (tertiary/aromatic N) is 3. The third-order valence-electron chi connectivity index (χ3n) is 5.85. The zero-order valence-electron chi connectivity index (χ0n) is 15.4. The lowest BCUT2D eigenvalue weighted by molar-refractivity contribution is 0.310. The Hall–Kier alpha value is -2.59. The summed E-state index contributed by atoms with van der Waals surface area (Å²) >= 11 is 0. The van der Waals surface area contributed by atoms with Crippen LogP contribution in [0.1, 0.15) is 18.4 Å². The lowest BCUT2D eigenvalue weighted by Gasteiger charge is -2.18. The number of rotatable bonds is 3. The Bertz CT molecular complexity index is 1090. The largest absolute Gasteiger partial charge is 0.361 e. The van der Waals surface area contributed by atoms with Crippen LogP contribution in [0.15, 0.2) is 48.8 Å². The molecule has 1 atom stereocenters. The topological polar surface area (TPSA) is 36.9 Å². The maximum atomic E-state index is 4.48. The van der Waals surface area contributed by atoms with Crippen LogP contribution < -0.4 is 0 Å². The molecule has 3 heterocycles. The Morgan fingerprint density at radius 1 is 1.12 bits per heavy atom. The number of fused-ring (bicyclic) bond motifs is 2. The summed E-state index contributed by atoms with van der Waals surface area (Å²) in [5.74, 6) is 0. The van der Waals surface area contributed by atoms with Gasteiger partial charge in [0, 0.05) is 41.8 Å². The van der Waals surface area contributed by atoms with Crippen LogP contribution in [0.4, 0.5) is 0 Å². The van der Waals surface area contributed by atoms with E-state index in [9.17, 15) is 0 Å². The molecular weight excluding hydrogens is 320 g/mol. The zero-order chi connectivity index (χ0) is 17.7. The number of aromatic nitrogens is 3. The van der Waals surface area contributed by atoms with E-state index < -0.39 is 0 Å². The van der Waals surface area contributed by atoms with Crippen molar-refractivity contribution in [1.82, 2.24) is 19.7 Å². The summed E-state index contributed by atoms with van der Waals surface area (Å²) < 4.78 is 1.88. The van der Waals surface area contributed by atoms with Crippen molar-refractivity contribution in [2.24, 2.45) is 7.05 Å². The minimum atomic E-state index is 0.671. The number of benzene rings is 2. The molecule has 1 aliphatic rings. The molecule has 2 aromatic carbocycles. The Morgan fingerprint density at radius 2 is 1.96 bits per heavy atom. The number of aryl methyl sites for hydroxylation is 1. The molecule has 2 aromatic heterocycles. The van der Waals surface area contributed by atoms with Crippen molar-refractivity contribution in [3.63, 3.8) is 0 Å². The predicted octanol–water partition coefficient (Wildman–Crippen LogP) is 4.36. The van der Waals surface area contributed by atoms with Gasteiger partial charge in [0.25, 0.3) is 0 Å². The van der Waals surface area contributed by atoms with E-state index in [4.69, 9.17) is 0 Å². The maximum absolute atomic E-state index is 4.48. The molecule has 4 aromatic rings. The first kappa shape index (κ1) is 15.6. The molecular formula is C22H24N4. The van der Waals surface area contributed by atoms with Gasteiger partial charge in [0.15, 0.2) is 0 Å². The van der Waals surface area contributed by atoms with Crippen molar-refractivity contribution in [2.45, 2.75) is 25.3 Å². The van der Waals surface area contributed by atoms with Gasteiger partial charge in [-0.15, -0.1) is 0 Å². The quantitative estimate of drug-likeness (QED) is 0.599. The third-order valence-corrected chi connectivity index (χ3v) is 5.85. The Balaban J connectivity index is 1.54. The van der Waals surface area contributed by atoms with Crippen molar-refractivity contribution in [3.05, 3.63) is 54.4 Å². The Morgan fingerprint density at radius 3 is 2.81 bits per heavy atom. The average Bonchev–Trinajstić information content (AvgIpc) is 3.33. The van der Waals surface area contributed by atoms with Gasteiger partial charge in [0.2, 0.25) is 0 Å². The molecule has 5 rings (SSSR count). The molecule has 0 amide bonds. The van der Waals surface area contributed by atoms with E-state index in [2.05, 4.69) is 70.8 Å². The molecule has 4 nitrogen and oxygen atoms in total. The molecule has 0 aliphatic carbocycles. The second-order valence-electron chi connectivity index (χ2n) is 7.63. The zero-order valence-corrected chi connectivity index (χ0v) is 15.4. The van der Waals surface area contributed by atoms with Crippen molar-refractivity contribution >= 4 is 21.8 Å². The van der Waals surface area contributed by atoms with Crippen LogP contribution in [0.3, 0.4) is 0 Å². The average molecular weight is 344 g/mol. The molecule has 0 bridgehead atoms. The van der Waals surface area contributed by atoms with Crippen molar-refractivity contribution in [1.29, 1.82) is 0 Å². The summed E-state index contributed by atoms with van der Waals surface area (Å²) in [4.78, 5) is 5.96. The normalized spacial score (nSPS) is 18.3. The number of aromatic amines is 1. The van der Waals surface area contributed by atoms with Crippen LogP contribution >= 0.6 is 0 Å². The van der Waals surface area contributed by atoms with E-state index in [-0.39, 0.29) is 0 Å². The number of hydrogen-bond acceptors (Lipinski definition) is 2. The molecule has 0 spiro atoms. The summed E-state index contributed by atoms with van der Waals surface area (Å²) in [6.45, 7) is 1.23. The van der Waals surface area contributed by atoms with E-state index in [1.807, 2.05) is 11.7 Å². The molecule has 1 saturated heterocycles. The van der Waals surface area contributed by atoms with Crippen LogP contribution in [0, 0.1) is 0 Å². The van der Waals surface area contributed by atoms with E-state index in [1.54, 1.807) is 0 Å². The minimum absolute atomic E-state index is 0.671. The number of likely N-dealkylation sites (tertiary alicyclic amines) is 1. The number of hydrogen-bond donors (Lipinski definition) is 1. The lowest BCUT2D eigenvalue weighted by Crippen LogP contribution is -2.26. The van der Waals surface area contributed by atoms with Crippen LogP contribution in [-0.4, -0.2) is 39.3 Å². The van der Waals surface area contributed by atoms with Gasteiger partial charge < -0.3 is 9.88 Å². The van der Waals surface area contributed by atoms with Crippen LogP contribution in [0.5, 0.6) is 0 Å². The van der Waals surface area contributed by atoms with Crippen molar-refractivity contribution < 1.29 is 0 Å². The first-order chi connectivity index (χ1) is 12.7. The van der Waals surface area contributed by atoms with E-state index in [0.29, 0.717) is 6.04 Å². The van der Waals surface area contributed by atoms with Crippen molar-refractivity contribution in [2.75, 3.05) is 13.6 Å². The van der Waals surface area contributed by atoms with E-state index >= 15 is 0 Å². The first-order valence-corrected chi connectivity index (χ1v) is 9.41. The summed E-state index contributed by atoms with van der Waals surface area (Å²) in [7, 11) is 4.22. The van der Waals surface area contributed by atoms with Gasteiger partial charge in [-0.25, -0.2) is 0 Å². The molecule has 4 heteroatoms. The van der Waals surface area contributed by atoms with E-state index in [0.717, 1.165) is 11.9 Å². The van der Waals surface area contributed by atoms with E-state index in [1.165, 1.54) is 52.4 Å². The van der Waals surface area contributed by atoms with Crippen LogP contribution in [0.2, 0.25) is 0 Å². The third kappa shape index (κ3) is 2.61. The highest BCUT2D eigenvalue weighted by Crippen LogP contribution is 2.30. The van der Waals surface area contributed by atoms with Gasteiger partial charge in [-0.3, -0.25) is 4.68 Å². The Kier molecular flexibility index (Phi) is 3.61. The Labute approximate surface area is 153 Å². The molecule has 1 fully saturated rings. The first-order valence-electron chi connectivity index (χ1n) is 9.41. The molecule has 0 radical (unpaired) electrons. The highest BCUT2D eigenvalue weighted by Gasteiger charge is 2.22. The molecule has 1 unspecified atom stereocenters. The second-order valence-corrected chi connectivity index (χ2v) is 7.63. The number of likely N-dealkylation sites (N-methyl/N-ethyl adjacent to an activating group) is 1. The summed E-state index contributed by atoms with van der Waals surface area (Å²) in [6, 6.07) is 14.0. The van der Waals surface area contributed by atoms with Crippen LogP contribution in [0.25, 0.3) is 32.9 Å². The van der Waals surface area contributed by atoms with Gasteiger partial charge in [0.05, 0.1) is 5.52 Å². The fraction of sp³-hybridized carbons (Fsp3) is 0.318. The van der Waals surface area contributed by atoms with Crippen LogP contribution in [-0.2, 0) is 13.5 Å². The molecule has 132 valence electrons. The fourth-order valence-corrected chi connectivity index (χ4v) is 4.35. The lowest BCUT2D eigenvalue weighted by atomic mass is 9.99. The fourth-order valence-electron chi connectivity index (χ4n) is 4.35. The summed E-state index contributed by atoms with van der Waals surface area (Å²) in [6.07, 6.45) is 8.03. The highest BCUT2D eigenvalue weighted by atomic mass is 15.2. The minimum Gasteiger partial charge on any atom is -0.361 e. The summed E-state index contributed by atoms with van der Waals surface area (Å²) in [5, 5.41) is 7.02. The standard InChI is InChI=1S/C22H24N4/c1-25-9-3-4-19(25)11-17-13-23-22-8-6-16(12-20(17)22)15-5-7-21-18(10-15)14-26(2)24-21/h5-8,10,12-14,19,23H,3-4,9,11H2,1-2H3. The molecule has 1 aliphatic heterocycles. The summed E-state index contributed by atoms with van der Waals surface area (Å²) in [5.41, 5.74) is 6.22. The smallest absolute Gasteiger partial charge is 0.0923 e. The monoisotopic (exact) mass is 344 g/mol. The van der Waals surface area contributed by atoms with Gasteiger partial charge in [-0.1, -0.05) is 12.1 Å². The van der Waals surface area contributed by atoms with Gasteiger partial charge in [-0.05, 0) is 73.8 Å². The predicted molar refractivity (Wildman–Crippen MR) is 107 cm³/mol. The van der Waals surface area contributed by atoms with Gasteiger partial charge in [-0.2, -0.15) is 5.10 Å². The SMILES string of the molecule is CN1CCCC1Cc1c[nH]c2ccc(-c3ccc4nn(C)cc4c3)cc12. The van der Waals surface area contributed by atoms with Gasteiger partial charge >= 0.3 is 0 Å². The van der Waals surface area contributed by atoms with Gasteiger partial charge in [0.1, 0.15) is 0 Å².